The topological polar surface area (TPSA) is 57.4 Å². The number of benzene rings is 1. The molecule has 4 rings (SSSR count). The number of aryl methyl sites for hydroxylation is 1. The summed E-state index contributed by atoms with van der Waals surface area (Å²) in [6.07, 6.45) is 4.11. The minimum absolute atomic E-state index is 0. The molecule has 2 aromatic heterocycles. The highest BCUT2D eigenvalue weighted by atomic mass is 127. The molecule has 3 aromatic rings. The molecule has 30 heavy (non-hydrogen) atoms. The molecule has 0 unspecified atom stereocenters. The number of guanidine groups is 1. The second-order valence-electron chi connectivity index (χ2n) is 7.25. The minimum Gasteiger partial charge on any atom is -0.495 e. The highest BCUT2D eigenvalue weighted by molar-refractivity contribution is 14.0. The summed E-state index contributed by atoms with van der Waals surface area (Å²) >= 11 is 0. The normalized spacial score (nSPS) is 14.6. The fourth-order valence-electron chi connectivity index (χ4n) is 3.77. The summed E-state index contributed by atoms with van der Waals surface area (Å²) in [6.45, 7) is 6.40. The van der Waals surface area contributed by atoms with Gasteiger partial charge in [-0.2, -0.15) is 0 Å². The van der Waals surface area contributed by atoms with E-state index in [0.717, 1.165) is 54.9 Å². The molecule has 3 heterocycles. The van der Waals surface area contributed by atoms with Crippen LogP contribution in [0.2, 0.25) is 0 Å². The summed E-state index contributed by atoms with van der Waals surface area (Å²) < 4.78 is 7.57. The van der Waals surface area contributed by atoms with Crippen molar-refractivity contribution in [3.05, 3.63) is 60.0 Å². The second-order valence-corrected chi connectivity index (χ2v) is 7.25. The minimum atomic E-state index is 0. The van der Waals surface area contributed by atoms with Crippen molar-refractivity contribution < 1.29 is 4.74 Å². The molecular weight excluding hydrogens is 491 g/mol. The Bertz CT molecular complexity index is 1010. The van der Waals surface area contributed by atoms with Gasteiger partial charge in [-0.15, -0.1) is 24.0 Å². The lowest BCUT2D eigenvalue weighted by Gasteiger charge is -2.38. The Hall–Kier alpha value is -2.49. The number of nitrogens with one attached hydrogen (secondary N) is 1. The Balaban J connectivity index is 0.00000256. The van der Waals surface area contributed by atoms with Crippen LogP contribution < -0.4 is 15.0 Å². The van der Waals surface area contributed by atoms with E-state index in [1.165, 1.54) is 5.56 Å². The first-order chi connectivity index (χ1) is 14.2. The average Bonchev–Trinajstić information content (AvgIpc) is 3.16. The van der Waals surface area contributed by atoms with Crippen LogP contribution in [-0.2, 0) is 6.54 Å². The van der Waals surface area contributed by atoms with Crippen LogP contribution in [0.5, 0.6) is 5.75 Å². The number of hydrogen-bond acceptors (Lipinski definition) is 4. The molecule has 0 bridgehead atoms. The Morgan fingerprint density at radius 2 is 1.93 bits per heavy atom. The average molecular weight is 520 g/mol. The van der Waals surface area contributed by atoms with Gasteiger partial charge >= 0.3 is 0 Å². The first-order valence-electron chi connectivity index (χ1n) is 9.96. The molecule has 0 atom stereocenters. The van der Waals surface area contributed by atoms with E-state index in [1.807, 2.05) is 25.4 Å². The van der Waals surface area contributed by atoms with Crippen molar-refractivity contribution in [2.45, 2.75) is 13.5 Å². The Morgan fingerprint density at radius 3 is 2.67 bits per heavy atom. The van der Waals surface area contributed by atoms with Crippen molar-refractivity contribution in [2.24, 2.45) is 4.99 Å². The van der Waals surface area contributed by atoms with E-state index >= 15 is 0 Å². The molecule has 0 aliphatic carbocycles. The molecule has 1 aromatic carbocycles. The molecule has 0 radical (unpaired) electrons. The first kappa shape index (κ1) is 22.2. The number of aliphatic imine (C=N–C) groups is 1. The summed E-state index contributed by atoms with van der Waals surface area (Å²) in [5.41, 5.74) is 4.34. The van der Waals surface area contributed by atoms with Gasteiger partial charge in [-0.25, -0.2) is 4.98 Å². The summed E-state index contributed by atoms with van der Waals surface area (Å²) in [7, 11) is 3.56. The van der Waals surface area contributed by atoms with Gasteiger partial charge in [0.2, 0.25) is 0 Å². The van der Waals surface area contributed by atoms with E-state index in [4.69, 9.17) is 9.72 Å². The Kier molecular flexibility index (Phi) is 7.41. The van der Waals surface area contributed by atoms with Crippen molar-refractivity contribution in [1.29, 1.82) is 0 Å². The summed E-state index contributed by atoms with van der Waals surface area (Å²) in [5, 5.41) is 3.47. The predicted octanol–water partition coefficient (Wildman–Crippen LogP) is 3.17. The molecule has 0 spiro atoms. The monoisotopic (exact) mass is 520 g/mol. The molecule has 7 nitrogen and oxygen atoms in total. The van der Waals surface area contributed by atoms with Crippen molar-refractivity contribution >= 4 is 41.3 Å². The number of piperazine rings is 1. The molecule has 1 aliphatic heterocycles. The quantitative estimate of drug-likeness (QED) is 0.326. The van der Waals surface area contributed by atoms with Crippen LogP contribution in [0.25, 0.3) is 5.65 Å². The maximum atomic E-state index is 5.51. The SMILES string of the molecule is CN=C(NCc1cn2ccc(C)cc2n1)N1CCN(c2ccccc2OC)CC1.I. The molecule has 8 heteroatoms. The molecule has 1 aliphatic rings. The van der Waals surface area contributed by atoms with Gasteiger partial charge in [-0.3, -0.25) is 4.99 Å². The Morgan fingerprint density at radius 1 is 1.17 bits per heavy atom. The molecular formula is C22H29IN6O. The van der Waals surface area contributed by atoms with Gasteiger partial charge in [0.1, 0.15) is 11.4 Å². The number of pyridine rings is 1. The molecule has 1 N–H and O–H groups in total. The number of para-hydroxylation sites is 2. The fourth-order valence-corrected chi connectivity index (χ4v) is 3.77. The van der Waals surface area contributed by atoms with Gasteiger partial charge in [0, 0.05) is 45.6 Å². The lowest BCUT2D eigenvalue weighted by Crippen LogP contribution is -2.52. The Labute approximate surface area is 194 Å². The molecule has 0 amide bonds. The van der Waals surface area contributed by atoms with Gasteiger partial charge in [-0.1, -0.05) is 12.1 Å². The lowest BCUT2D eigenvalue weighted by molar-refractivity contribution is 0.367. The zero-order valence-electron chi connectivity index (χ0n) is 17.7. The number of anilines is 1. The number of aromatic nitrogens is 2. The van der Waals surface area contributed by atoms with Crippen LogP contribution in [0.15, 0.2) is 53.8 Å². The van der Waals surface area contributed by atoms with Crippen LogP contribution in [0.1, 0.15) is 11.3 Å². The van der Waals surface area contributed by atoms with Crippen LogP contribution >= 0.6 is 24.0 Å². The number of imidazole rings is 1. The highest BCUT2D eigenvalue weighted by Gasteiger charge is 2.21. The number of halogens is 1. The number of ether oxygens (including phenoxy) is 1. The van der Waals surface area contributed by atoms with Gasteiger partial charge < -0.3 is 24.3 Å². The van der Waals surface area contributed by atoms with E-state index < -0.39 is 0 Å². The molecule has 1 saturated heterocycles. The lowest BCUT2D eigenvalue weighted by atomic mass is 10.2. The summed E-state index contributed by atoms with van der Waals surface area (Å²) in [6, 6.07) is 12.4. The van der Waals surface area contributed by atoms with E-state index in [9.17, 15) is 0 Å². The van der Waals surface area contributed by atoms with Crippen molar-refractivity contribution in [1.82, 2.24) is 19.6 Å². The van der Waals surface area contributed by atoms with Crippen LogP contribution in [0, 0.1) is 6.92 Å². The van der Waals surface area contributed by atoms with E-state index in [-0.39, 0.29) is 24.0 Å². The van der Waals surface area contributed by atoms with Gasteiger partial charge in [0.25, 0.3) is 0 Å². The third kappa shape index (κ3) is 4.80. The molecule has 160 valence electrons. The third-order valence-corrected chi connectivity index (χ3v) is 5.31. The van der Waals surface area contributed by atoms with Gasteiger partial charge in [0.05, 0.1) is 25.0 Å². The fraction of sp³-hybridized carbons (Fsp3) is 0.364. The zero-order chi connectivity index (χ0) is 20.2. The van der Waals surface area contributed by atoms with E-state index in [1.54, 1.807) is 7.11 Å². The number of nitrogens with zero attached hydrogens (tertiary/aromatic N) is 5. The largest absolute Gasteiger partial charge is 0.495 e. The van der Waals surface area contributed by atoms with Gasteiger partial charge in [-0.05, 0) is 36.8 Å². The number of fused-ring (bicyclic) bond motifs is 1. The van der Waals surface area contributed by atoms with Crippen LogP contribution in [0.3, 0.4) is 0 Å². The number of rotatable bonds is 4. The van der Waals surface area contributed by atoms with Crippen LogP contribution in [-0.4, -0.2) is 60.6 Å². The first-order valence-corrected chi connectivity index (χ1v) is 9.96. The smallest absolute Gasteiger partial charge is 0.194 e. The molecule has 1 fully saturated rings. The van der Waals surface area contributed by atoms with Crippen molar-refractivity contribution in [3.8, 4) is 5.75 Å². The molecule has 0 saturated carbocycles. The number of methoxy groups -OCH3 is 1. The van der Waals surface area contributed by atoms with Crippen molar-refractivity contribution in [3.63, 3.8) is 0 Å². The zero-order valence-corrected chi connectivity index (χ0v) is 20.0. The highest BCUT2D eigenvalue weighted by Crippen LogP contribution is 2.28. The van der Waals surface area contributed by atoms with Crippen molar-refractivity contribution in [2.75, 3.05) is 45.2 Å². The summed E-state index contributed by atoms with van der Waals surface area (Å²) in [4.78, 5) is 13.8. The summed E-state index contributed by atoms with van der Waals surface area (Å²) in [5.74, 6) is 1.84. The van der Waals surface area contributed by atoms with Crippen LogP contribution in [0.4, 0.5) is 5.69 Å². The maximum absolute atomic E-state index is 5.51. The third-order valence-electron chi connectivity index (χ3n) is 5.31. The van der Waals surface area contributed by atoms with Gasteiger partial charge in [0.15, 0.2) is 5.96 Å². The standard InChI is InChI=1S/C22H28N6O.HI/c1-17-8-9-28-16-18(25-21(28)14-17)15-24-22(23-2)27-12-10-26(11-13-27)19-6-4-5-7-20(19)29-3;/h4-9,14,16H,10-13,15H2,1-3H3,(H,23,24);1H. The second kappa shape index (κ2) is 10.0. The maximum Gasteiger partial charge on any atom is 0.194 e. The predicted molar refractivity (Wildman–Crippen MR) is 132 cm³/mol. The van der Waals surface area contributed by atoms with E-state index in [0.29, 0.717) is 6.54 Å². The van der Waals surface area contributed by atoms with E-state index in [2.05, 4.69) is 61.9 Å². The number of hydrogen-bond donors (Lipinski definition) is 1.